The van der Waals surface area contributed by atoms with E-state index in [1.807, 2.05) is 11.4 Å². The molecular formula is C12H20O2SSi. The van der Waals surface area contributed by atoms with Gasteiger partial charge in [-0.1, -0.05) is 20.8 Å². The van der Waals surface area contributed by atoms with E-state index in [2.05, 4.69) is 33.9 Å². The van der Waals surface area contributed by atoms with Gasteiger partial charge in [-0.3, -0.25) is 4.79 Å². The van der Waals surface area contributed by atoms with Crippen molar-refractivity contribution in [1.82, 2.24) is 0 Å². The Balaban J connectivity index is 2.61. The molecule has 1 aromatic heterocycles. The molecule has 0 aliphatic carbocycles. The third-order valence-electron chi connectivity index (χ3n) is 3.19. The summed E-state index contributed by atoms with van der Waals surface area (Å²) < 4.78 is 6.07. The summed E-state index contributed by atoms with van der Waals surface area (Å²) in [5.41, 5.74) is 0.749. The van der Waals surface area contributed by atoms with Gasteiger partial charge in [0.2, 0.25) is 0 Å². The standard InChI is InChI=1S/C12H20O2SSi/c1-12(2,3)16(4,5)14-8-11-6-10(7-13)9-15-11/h6-7,9H,8H2,1-5H3. The van der Waals surface area contributed by atoms with E-state index in [9.17, 15) is 4.79 Å². The van der Waals surface area contributed by atoms with Crippen LogP contribution in [0.3, 0.4) is 0 Å². The SMILES string of the molecule is CC(C)(C)[Si](C)(C)OCc1cc(C=O)cs1. The lowest BCUT2D eigenvalue weighted by atomic mass is 10.2. The van der Waals surface area contributed by atoms with E-state index in [0.29, 0.717) is 6.61 Å². The number of rotatable bonds is 4. The van der Waals surface area contributed by atoms with Crippen molar-refractivity contribution in [3.8, 4) is 0 Å². The predicted octanol–water partition coefficient (Wildman–Crippen LogP) is 4.08. The first-order valence-corrected chi connectivity index (χ1v) is 9.21. The molecule has 16 heavy (non-hydrogen) atoms. The second-order valence-electron chi connectivity index (χ2n) is 5.51. The molecule has 0 atom stereocenters. The van der Waals surface area contributed by atoms with Crippen LogP contribution in [-0.4, -0.2) is 14.6 Å². The average Bonchev–Trinajstić information content (AvgIpc) is 2.60. The highest BCUT2D eigenvalue weighted by atomic mass is 32.1. The highest BCUT2D eigenvalue weighted by Gasteiger charge is 2.37. The van der Waals surface area contributed by atoms with Crippen molar-refractivity contribution < 1.29 is 9.22 Å². The molecule has 0 saturated heterocycles. The Kier molecular flexibility index (Phi) is 4.10. The number of hydrogen-bond donors (Lipinski definition) is 0. The van der Waals surface area contributed by atoms with Gasteiger partial charge in [0, 0.05) is 15.8 Å². The Morgan fingerprint density at radius 3 is 2.50 bits per heavy atom. The van der Waals surface area contributed by atoms with E-state index in [1.54, 1.807) is 11.3 Å². The van der Waals surface area contributed by atoms with Gasteiger partial charge < -0.3 is 4.43 Å². The minimum Gasteiger partial charge on any atom is -0.412 e. The van der Waals surface area contributed by atoms with Crippen molar-refractivity contribution in [2.75, 3.05) is 0 Å². The summed E-state index contributed by atoms with van der Waals surface area (Å²) in [5, 5.41) is 2.11. The number of carbonyl (C=O) groups excluding carboxylic acids is 1. The second kappa shape index (κ2) is 4.81. The van der Waals surface area contributed by atoms with E-state index in [0.717, 1.165) is 16.7 Å². The Bertz CT molecular complexity index is 363. The lowest BCUT2D eigenvalue weighted by molar-refractivity contribution is 0.112. The number of thiophene rings is 1. The van der Waals surface area contributed by atoms with Gasteiger partial charge in [-0.15, -0.1) is 11.3 Å². The van der Waals surface area contributed by atoms with Crippen molar-refractivity contribution in [2.45, 2.75) is 45.5 Å². The molecule has 0 radical (unpaired) electrons. The summed E-state index contributed by atoms with van der Waals surface area (Å²) in [6.45, 7) is 11.8. The molecule has 0 spiro atoms. The van der Waals surface area contributed by atoms with Crippen LogP contribution in [-0.2, 0) is 11.0 Å². The molecule has 0 aromatic carbocycles. The first kappa shape index (κ1) is 13.6. The van der Waals surface area contributed by atoms with Crippen LogP contribution in [0.5, 0.6) is 0 Å². The molecule has 1 aromatic rings. The smallest absolute Gasteiger partial charge is 0.192 e. The summed E-state index contributed by atoms with van der Waals surface area (Å²) >= 11 is 1.59. The largest absolute Gasteiger partial charge is 0.412 e. The molecule has 0 bridgehead atoms. The molecular weight excluding hydrogens is 236 g/mol. The third-order valence-corrected chi connectivity index (χ3v) is 8.60. The molecule has 4 heteroatoms. The highest BCUT2D eigenvalue weighted by molar-refractivity contribution is 7.10. The van der Waals surface area contributed by atoms with Crippen LogP contribution >= 0.6 is 11.3 Å². The summed E-state index contributed by atoms with van der Waals surface area (Å²) in [6, 6.07) is 1.91. The molecule has 2 nitrogen and oxygen atoms in total. The first-order valence-electron chi connectivity index (χ1n) is 5.43. The zero-order valence-electron chi connectivity index (χ0n) is 10.7. The normalized spacial score (nSPS) is 12.8. The molecule has 1 heterocycles. The fourth-order valence-electron chi connectivity index (χ4n) is 1.00. The molecule has 0 amide bonds. The maximum Gasteiger partial charge on any atom is 0.192 e. The summed E-state index contributed by atoms with van der Waals surface area (Å²) in [4.78, 5) is 11.7. The minimum absolute atomic E-state index is 0.234. The molecule has 0 unspecified atom stereocenters. The molecule has 1 rings (SSSR count). The van der Waals surface area contributed by atoms with Crippen molar-refractivity contribution in [2.24, 2.45) is 0 Å². The van der Waals surface area contributed by atoms with E-state index in [1.165, 1.54) is 0 Å². The third kappa shape index (κ3) is 3.27. The molecule has 0 aliphatic rings. The monoisotopic (exact) mass is 256 g/mol. The highest BCUT2D eigenvalue weighted by Crippen LogP contribution is 2.37. The molecule has 0 aliphatic heterocycles. The van der Waals surface area contributed by atoms with Crippen LogP contribution in [0.4, 0.5) is 0 Å². The Labute approximate surface area is 103 Å². The summed E-state index contributed by atoms with van der Waals surface area (Å²) in [7, 11) is -1.67. The van der Waals surface area contributed by atoms with Gasteiger partial charge in [0.05, 0.1) is 6.61 Å². The molecule has 0 fully saturated rings. The van der Waals surface area contributed by atoms with Crippen LogP contribution in [0.2, 0.25) is 18.1 Å². The lowest BCUT2D eigenvalue weighted by Crippen LogP contribution is -2.40. The van der Waals surface area contributed by atoms with Crippen LogP contribution in [0.25, 0.3) is 0 Å². The van der Waals surface area contributed by atoms with Crippen LogP contribution < -0.4 is 0 Å². The quantitative estimate of drug-likeness (QED) is 0.599. The predicted molar refractivity (Wildman–Crippen MR) is 71.7 cm³/mol. The number of carbonyl (C=O) groups is 1. The average molecular weight is 256 g/mol. The molecule has 0 N–H and O–H groups in total. The van der Waals surface area contributed by atoms with Crippen LogP contribution in [0.15, 0.2) is 11.4 Å². The summed E-state index contributed by atoms with van der Waals surface area (Å²) in [6.07, 6.45) is 0.881. The number of aldehydes is 1. The zero-order valence-corrected chi connectivity index (χ0v) is 12.5. The van der Waals surface area contributed by atoms with Crippen LogP contribution in [0, 0.1) is 0 Å². The van der Waals surface area contributed by atoms with Crippen LogP contribution in [0.1, 0.15) is 36.0 Å². The Hall–Kier alpha value is -0.453. The van der Waals surface area contributed by atoms with Gasteiger partial charge in [0.15, 0.2) is 14.6 Å². The Morgan fingerprint density at radius 2 is 2.06 bits per heavy atom. The maximum atomic E-state index is 10.6. The van der Waals surface area contributed by atoms with Crippen molar-refractivity contribution >= 4 is 25.9 Å². The van der Waals surface area contributed by atoms with Gasteiger partial charge in [0.25, 0.3) is 0 Å². The van der Waals surface area contributed by atoms with Crippen molar-refractivity contribution in [3.05, 3.63) is 21.9 Å². The van der Waals surface area contributed by atoms with E-state index >= 15 is 0 Å². The van der Waals surface area contributed by atoms with Crippen molar-refractivity contribution in [1.29, 1.82) is 0 Å². The molecule has 90 valence electrons. The van der Waals surface area contributed by atoms with Crippen molar-refractivity contribution in [3.63, 3.8) is 0 Å². The van der Waals surface area contributed by atoms with Gasteiger partial charge >= 0.3 is 0 Å². The van der Waals surface area contributed by atoms with Gasteiger partial charge in [-0.2, -0.15) is 0 Å². The van der Waals surface area contributed by atoms with Gasteiger partial charge in [-0.05, 0) is 24.2 Å². The van der Waals surface area contributed by atoms with Gasteiger partial charge in [0.1, 0.15) is 0 Å². The fraction of sp³-hybridized carbons (Fsp3) is 0.583. The minimum atomic E-state index is -1.67. The topological polar surface area (TPSA) is 26.3 Å². The first-order chi connectivity index (χ1) is 7.26. The lowest BCUT2D eigenvalue weighted by Gasteiger charge is -2.36. The second-order valence-corrected chi connectivity index (χ2v) is 11.3. The molecule has 0 saturated carbocycles. The van der Waals surface area contributed by atoms with E-state index in [4.69, 9.17) is 4.43 Å². The fourth-order valence-corrected chi connectivity index (χ4v) is 2.80. The maximum absolute atomic E-state index is 10.6. The Morgan fingerprint density at radius 1 is 1.44 bits per heavy atom. The van der Waals surface area contributed by atoms with Gasteiger partial charge in [-0.25, -0.2) is 0 Å². The van der Waals surface area contributed by atoms with E-state index < -0.39 is 8.32 Å². The number of hydrogen-bond acceptors (Lipinski definition) is 3. The summed E-state index contributed by atoms with van der Waals surface area (Å²) in [5.74, 6) is 0. The zero-order chi connectivity index (χ0) is 12.4. The van der Waals surface area contributed by atoms with E-state index in [-0.39, 0.29) is 5.04 Å².